The lowest BCUT2D eigenvalue weighted by atomic mass is 10.1. The lowest BCUT2D eigenvalue weighted by Gasteiger charge is -2.08. The molecule has 3 heterocycles. The third-order valence-corrected chi connectivity index (χ3v) is 3.77. The number of aromatic nitrogens is 4. The maximum Gasteiger partial charge on any atom is 0.226 e. The second kappa shape index (κ2) is 5.10. The van der Waals surface area contributed by atoms with Crippen LogP contribution in [0.15, 0.2) is 21.2 Å². The summed E-state index contributed by atoms with van der Waals surface area (Å²) in [5, 5.41) is 16.5. The Morgan fingerprint density at radius 1 is 1.33 bits per heavy atom. The van der Waals surface area contributed by atoms with Crippen LogP contribution in [0.2, 0.25) is 0 Å². The maximum atomic E-state index is 9.02. The van der Waals surface area contributed by atoms with Gasteiger partial charge < -0.3 is 5.73 Å². The Bertz CT molecular complexity index is 882. The van der Waals surface area contributed by atoms with Crippen molar-refractivity contribution in [3.63, 3.8) is 0 Å². The minimum absolute atomic E-state index is 0.334. The molecule has 0 bridgehead atoms. The summed E-state index contributed by atoms with van der Waals surface area (Å²) in [4.78, 5) is 8.59. The molecule has 0 aliphatic heterocycles. The van der Waals surface area contributed by atoms with Crippen molar-refractivity contribution in [2.45, 2.75) is 13.3 Å². The molecule has 0 saturated carbocycles. The highest BCUT2D eigenvalue weighted by atomic mass is 79.9. The van der Waals surface area contributed by atoms with Crippen molar-refractivity contribution in [2.24, 2.45) is 0 Å². The number of fused-ring (bicyclic) bond motifs is 1. The summed E-state index contributed by atoms with van der Waals surface area (Å²) in [6.45, 7) is 1.84. The highest BCUT2D eigenvalue weighted by Crippen LogP contribution is 2.25. The summed E-state index contributed by atoms with van der Waals surface area (Å²) in [7, 11) is 0. The molecule has 0 aliphatic rings. The molecule has 3 rings (SSSR count). The molecule has 21 heavy (non-hydrogen) atoms. The van der Waals surface area contributed by atoms with E-state index in [0.29, 0.717) is 33.4 Å². The van der Waals surface area contributed by atoms with Gasteiger partial charge in [0.1, 0.15) is 6.07 Å². The molecule has 3 aromatic rings. The minimum atomic E-state index is 0.334. The van der Waals surface area contributed by atoms with Gasteiger partial charge in [0, 0.05) is 23.4 Å². The van der Waals surface area contributed by atoms with Crippen LogP contribution in [0.5, 0.6) is 0 Å². The van der Waals surface area contributed by atoms with E-state index in [9.17, 15) is 0 Å². The van der Waals surface area contributed by atoms with Gasteiger partial charge in [-0.1, -0.05) is 0 Å². The van der Waals surface area contributed by atoms with E-state index < -0.39 is 0 Å². The Balaban J connectivity index is 2.08. The third-order valence-electron chi connectivity index (χ3n) is 3.13. The van der Waals surface area contributed by atoms with Crippen molar-refractivity contribution in [3.05, 3.63) is 39.3 Å². The Kier molecular flexibility index (Phi) is 3.27. The number of nitrogen functional groups attached to an aromatic ring is 1. The van der Waals surface area contributed by atoms with Crippen molar-refractivity contribution in [2.75, 3.05) is 5.73 Å². The predicted molar refractivity (Wildman–Crippen MR) is 78.2 cm³/mol. The van der Waals surface area contributed by atoms with E-state index >= 15 is 0 Å². The molecule has 0 radical (unpaired) electrons. The highest BCUT2D eigenvalue weighted by molar-refractivity contribution is 9.10. The van der Waals surface area contributed by atoms with Gasteiger partial charge in [-0.2, -0.15) is 5.26 Å². The average Bonchev–Trinajstić information content (AvgIpc) is 2.93. The number of nitrogens with two attached hydrogens (primary N) is 1. The lowest BCUT2D eigenvalue weighted by molar-refractivity contribution is 0.315. The summed E-state index contributed by atoms with van der Waals surface area (Å²) in [5.74, 6) is 0. The number of pyridine rings is 2. The normalized spacial score (nSPS) is 10.7. The standard InChI is InChI=1S/C13H9BrN6O/c1-6-8(11(16)12-13(17-6)20-21-19-12)4-7-2-3-9(14)10(5-15)18-7/h2-3H,4,16H2,1H3. The van der Waals surface area contributed by atoms with E-state index in [1.807, 2.05) is 19.1 Å². The first kappa shape index (κ1) is 13.5. The van der Waals surface area contributed by atoms with Crippen LogP contribution in [-0.2, 0) is 6.42 Å². The summed E-state index contributed by atoms with van der Waals surface area (Å²) in [5.41, 5.74) is 10.0. The topological polar surface area (TPSA) is 115 Å². The van der Waals surface area contributed by atoms with E-state index in [1.54, 1.807) is 6.07 Å². The predicted octanol–water partition coefficient (Wildman–Crippen LogP) is 2.13. The van der Waals surface area contributed by atoms with Crippen LogP contribution in [-0.4, -0.2) is 20.3 Å². The lowest BCUT2D eigenvalue weighted by Crippen LogP contribution is -2.04. The fraction of sp³-hybridized carbons (Fsp3) is 0.154. The Labute approximate surface area is 127 Å². The number of anilines is 1. The molecular formula is C13H9BrN6O. The summed E-state index contributed by atoms with van der Waals surface area (Å²) in [6, 6.07) is 5.65. The molecule has 3 aromatic heterocycles. The van der Waals surface area contributed by atoms with Crippen molar-refractivity contribution in [3.8, 4) is 6.07 Å². The number of nitriles is 1. The molecule has 2 N–H and O–H groups in total. The highest BCUT2D eigenvalue weighted by Gasteiger charge is 2.15. The first-order chi connectivity index (χ1) is 10.1. The van der Waals surface area contributed by atoms with E-state index in [0.717, 1.165) is 17.0 Å². The van der Waals surface area contributed by atoms with Crippen LogP contribution in [0.25, 0.3) is 11.2 Å². The molecule has 8 heteroatoms. The largest absolute Gasteiger partial charge is 0.396 e. The van der Waals surface area contributed by atoms with Crippen LogP contribution in [0.4, 0.5) is 5.69 Å². The average molecular weight is 345 g/mol. The molecule has 0 aromatic carbocycles. The summed E-state index contributed by atoms with van der Waals surface area (Å²) >= 11 is 3.28. The van der Waals surface area contributed by atoms with E-state index in [-0.39, 0.29) is 0 Å². The van der Waals surface area contributed by atoms with Gasteiger partial charge in [0.05, 0.1) is 10.2 Å². The first-order valence-electron chi connectivity index (χ1n) is 6.03. The second-order valence-electron chi connectivity index (χ2n) is 4.45. The minimum Gasteiger partial charge on any atom is -0.396 e. The van der Waals surface area contributed by atoms with E-state index in [1.165, 1.54) is 0 Å². The maximum absolute atomic E-state index is 9.02. The zero-order valence-electron chi connectivity index (χ0n) is 11.0. The number of aryl methyl sites for hydroxylation is 1. The zero-order chi connectivity index (χ0) is 15.0. The van der Waals surface area contributed by atoms with E-state index in [2.05, 4.69) is 40.8 Å². The molecule has 0 atom stereocenters. The number of rotatable bonds is 2. The van der Waals surface area contributed by atoms with Gasteiger partial charge >= 0.3 is 0 Å². The Morgan fingerprint density at radius 3 is 2.90 bits per heavy atom. The smallest absolute Gasteiger partial charge is 0.226 e. The number of nitrogens with zero attached hydrogens (tertiary/aromatic N) is 5. The van der Waals surface area contributed by atoms with Crippen LogP contribution in [0.1, 0.15) is 22.6 Å². The molecule has 7 nitrogen and oxygen atoms in total. The second-order valence-corrected chi connectivity index (χ2v) is 5.30. The molecule has 0 aliphatic carbocycles. The number of hydrogen-bond acceptors (Lipinski definition) is 7. The van der Waals surface area contributed by atoms with Crippen molar-refractivity contribution in [1.29, 1.82) is 5.26 Å². The number of halogens is 1. The first-order valence-corrected chi connectivity index (χ1v) is 6.82. The van der Waals surface area contributed by atoms with Gasteiger partial charge in [0.2, 0.25) is 5.65 Å². The van der Waals surface area contributed by atoms with Gasteiger partial charge in [0.15, 0.2) is 11.2 Å². The van der Waals surface area contributed by atoms with Crippen LogP contribution < -0.4 is 5.73 Å². The Morgan fingerprint density at radius 2 is 2.14 bits per heavy atom. The molecule has 0 amide bonds. The van der Waals surface area contributed by atoms with Crippen LogP contribution in [0.3, 0.4) is 0 Å². The van der Waals surface area contributed by atoms with Crippen LogP contribution >= 0.6 is 15.9 Å². The van der Waals surface area contributed by atoms with Gasteiger partial charge in [-0.15, -0.1) is 0 Å². The van der Waals surface area contributed by atoms with Gasteiger partial charge in [-0.05, 0) is 45.3 Å². The molecular weight excluding hydrogens is 336 g/mol. The van der Waals surface area contributed by atoms with Gasteiger partial charge in [0.25, 0.3) is 0 Å². The van der Waals surface area contributed by atoms with Crippen LogP contribution in [0, 0.1) is 18.3 Å². The third kappa shape index (κ3) is 2.32. The van der Waals surface area contributed by atoms with Crippen molar-refractivity contribution >= 4 is 32.8 Å². The Hall–Kier alpha value is -2.53. The molecule has 104 valence electrons. The van der Waals surface area contributed by atoms with Gasteiger partial charge in [-0.3, -0.25) is 0 Å². The van der Waals surface area contributed by atoms with Crippen molar-refractivity contribution in [1.82, 2.24) is 20.3 Å². The zero-order valence-corrected chi connectivity index (χ0v) is 12.5. The molecule has 0 unspecified atom stereocenters. The quantitative estimate of drug-likeness (QED) is 0.756. The van der Waals surface area contributed by atoms with Crippen molar-refractivity contribution < 1.29 is 4.63 Å². The molecule has 0 fully saturated rings. The summed E-state index contributed by atoms with van der Waals surface area (Å²) < 4.78 is 5.31. The fourth-order valence-corrected chi connectivity index (χ4v) is 2.36. The SMILES string of the molecule is Cc1nc2nonc2c(N)c1Cc1ccc(Br)c(C#N)n1. The number of hydrogen-bond donors (Lipinski definition) is 1. The monoisotopic (exact) mass is 344 g/mol. The fourth-order valence-electron chi connectivity index (χ4n) is 2.05. The van der Waals surface area contributed by atoms with Gasteiger partial charge in [-0.25, -0.2) is 14.6 Å². The summed E-state index contributed by atoms with van der Waals surface area (Å²) in [6.07, 6.45) is 0.454. The van der Waals surface area contributed by atoms with E-state index in [4.69, 9.17) is 11.0 Å². The molecule has 0 saturated heterocycles. The molecule has 0 spiro atoms.